The van der Waals surface area contributed by atoms with Crippen LogP contribution in [0.4, 0.5) is 5.13 Å². The Balaban J connectivity index is 1.77. The maximum absolute atomic E-state index is 12.1. The van der Waals surface area contributed by atoms with Gasteiger partial charge in [0.15, 0.2) is 10.8 Å². The number of hydrogen-bond acceptors (Lipinski definition) is 6. The molecule has 8 nitrogen and oxygen atoms in total. The molecule has 0 radical (unpaired) electrons. The number of anilines is 1. The zero-order valence-corrected chi connectivity index (χ0v) is 14.8. The van der Waals surface area contributed by atoms with Crippen molar-refractivity contribution in [1.82, 2.24) is 23.4 Å². The number of aromatic nitrogens is 3. The minimum atomic E-state index is -3.32. The number of thiazole rings is 1. The van der Waals surface area contributed by atoms with Gasteiger partial charge in [-0.2, -0.15) is 22.1 Å². The Kier molecular flexibility index (Phi) is 3.87. The molecule has 0 aromatic carbocycles. The second kappa shape index (κ2) is 5.44. The van der Waals surface area contributed by atoms with Crippen molar-refractivity contribution >= 4 is 37.0 Å². The van der Waals surface area contributed by atoms with Crippen molar-refractivity contribution in [3.8, 4) is 0 Å². The van der Waals surface area contributed by atoms with Gasteiger partial charge in [0.25, 0.3) is 10.2 Å². The van der Waals surface area contributed by atoms with E-state index in [4.69, 9.17) is 0 Å². The van der Waals surface area contributed by atoms with Crippen LogP contribution in [0, 0.1) is 6.92 Å². The molecule has 1 aliphatic heterocycles. The Labute approximate surface area is 134 Å². The molecule has 0 atom stereocenters. The fourth-order valence-corrected chi connectivity index (χ4v) is 4.72. The highest BCUT2D eigenvalue weighted by molar-refractivity contribution is 7.86. The molecular formula is C12H20N6O2S2. The third-order valence-electron chi connectivity index (χ3n) is 3.83. The van der Waals surface area contributed by atoms with Gasteiger partial charge in [0, 0.05) is 47.3 Å². The molecule has 0 aliphatic carbocycles. The van der Waals surface area contributed by atoms with Gasteiger partial charge in [0.05, 0.1) is 10.4 Å². The van der Waals surface area contributed by atoms with Crippen molar-refractivity contribution < 1.29 is 8.42 Å². The lowest BCUT2D eigenvalue weighted by Crippen LogP contribution is -2.51. The predicted molar refractivity (Wildman–Crippen MR) is 87.5 cm³/mol. The van der Waals surface area contributed by atoms with Crippen molar-refractivity contribution in [2.24, 2.45) is 7.05 Å². The molecule has 0 bridgehead atoms. The molecule has 1 aliphatic rings. The fraction of sp³-hybridized carbons (Fsp3) is 0.667. The average Bonchev–Trinajstić information content (AvgIpc) is 3.01. The van der Waals surface area contributed by atoms with Crippen LogP contribution in [-0.2, 0) is 17.3 Å². The lowest BCUT2D eigenvalue weighted by molar-refractivity contribution is 0.355. The highest BCUT2D eigenvalue weighted by Crippen LogP contribution is 2.31. The summed E-state index contributed by atoms with van der Waals surface area (Å²) >= 11 is 1.62. The van der Waals surface area contributed by atoms with Crippen LogP contribution < -0.4 is 4.90 Å². The van der Waals surface area contributed by atoms with Crippen LogP contribution >= 0.6 is 11.3 Å². The SMILES string of the molecule is Cc1nn(C)c2nc(N3CCN(S(=O)(=O)N(C)C)CC3)sc12. The molecule has 0 unspecified atom stereocenters. The van der Waals surface area contributed by atoms with E-state index in [0.717, 1.165) is 21.2 Å². The van der Waals surface area contributed by atoms with Crippen LogP contribution in [0.2, 0.25) is 0 Å². The lowest BCUT2D eigenvalue weighted by Gasteiger charge is -2.34. The quantitative estimate of drug-likeness (QED) is 0.799. The molecule has 22 heavy (non-hydrogen) atoms. The molecule has 2 aromatic heterocycles. The molecule has 0 spiro atoms. The highest BCUT2D eigenvalue weighted by Gasteiger charge is 2.29. The molecule has 3 rings (SSSR count). The minimum Gasteiger partial charge on any atom is -0.345 e. The summed E-state index contributed by atoms with van der Waals surface area (Å²) in [5.41, 5.74) is 1.87. The predicted octanol–water partition coefficient (Wildman–Crippen LogP) is 0.267. The second-order valence-corrected chi connectivity index (χ2v) is 8.65. The first-order valence-electron chi connectivity index (χ1n) is 7.03. The third kappa shape index (κ3) is 2.49. The van der Waals surface area contributed by atoms with E-state index in [1.165, 1.54) is 8.61 Å². The van der Waals surface area contributed by atoms with Crippen LogP contribution in [0.1, 0.15) is 5.69 Å². The summed E-state index contributed by atoms with van der Waals surface area (Å²) in [7, 11) is 1.69. The lowest BCUT2D eigenvalue weighted by atomic mass is 10.4. The third-order valence-corrected chi connectivity index (χ3v) is 6.98. The van der Waals surface area contributed by atoms with E-state index < -0.39 is 10.2 Å². The fourth-order valence-electron chi connectivity index (χ4n) is 2.55. The summed E-state index contributed by atoms with van der Waals surface area (Å²) in [5, 5.41) is 5.29. The molecular weight excluding hydrogens is 324 g/mol. The van der Waals surface area contributed by atoms with Crippen molar-refractivity contribution in [1.29, 1.82) is 0 Å². The van der Waals surface area contributed by atoms with Crippen LogP contribution in [0.3, 0.4) is 0 Å². The van der Waals surface area contributed by atoms with E-state index in [1.54, 1.807) is 30.1 Å². The van der Waals surface area contributed by atoms with Gasteiger partial charge in [-0.3, -0.25) is 0 Å². The second-order valence-electron chi connectivity index (χ2n) is 5.53. The van der Waals surface area contributed by atoms with E-state index in [2.05, 4.69) is 15.0 Å². The standard InChI is InChI=1S/C12H20N6O2S2/c1-9-10-11(16(4)14-9)13-12(21-10)17-5-7-18(8-6-17)22(19,20)15(2)3/h5-8H2,1-4H3. The minimum absolute atomic E-state index is 0.480. The van der Waals surface area contributed by atoms with E-state index in [-0.39, 0.29) is 0 Å². The molecule has 0 N–H and O–H groups in total. The highest BCUT2D eigenvalue weighted by atomic mass is 32.2. The Morgan fingerprint density at radius 2 is 1.82 bits per heavy atom. The molecule has 1 saturated heterocycles. The summed E-state index contributed by atoms with van der Waals surface area (Å²) in [4.78, 5) is 6.79. The van der Waals surface area contributed by atoms with Gasteiger partial charge in [0.2, 0.25) is 0 Å². The maximum atomic E-state index is 12.1. The van der Waals surface area contributed by atoms with Crippen LogP contribution in [0.25, 0.3) is 10.3 Å². The number of nitrogens with zero attached hydrogens (tertiary/aromatic N) is 6. The molecule has 122 valence electrons. The van der Waals surface area contributed by atoms with E-state index in [0.29, 0.717) is 26.2 Å². The van der Waals surface area contributed by atoms with Gasteiger partial charge in [-0.15, -0.1) is 0 Å². The smallest absolute Gasteiger partial charge is 0.281 e. The molecule has 3 heterocycles. The summed E-state index contributed by atoms with van der Waals surface area (Å²) in [6, 6.07) is 0. The zero-order chi connectivity index (χ0) is 16.1. The van der Waals surface area contributed by atoms with Crippen molar-refractivity contribution in [3.63, 3.8) is 0 Å². The number of hydrogen-bond donors (Lipinski definition) is 0. The first-order valence-corrected chi connectivity index (χ1v) is 9.24. The van der Waals surface area contributed by atoms with E-state index in [1.807, 2.05) is 14.0 Å². The topological polar surface area (TPSA) is 74.6 Å². The number of rotatable bonds is 3. The van der Waals surface area contributed by atoms with E-state index in [9.17, 15) is 8.42 Å². The number of fused-ring (bicyclic) bond motifs is 1. The van der Waals surface area contributed by atoms with Gasteiger partial charge in [-0.25, -0.2) is 9.67 Å². The number of piperazine rings is 1. The molecule has 0 saturated carbocycles. The molecule has 2 aromatic rings. The van der Waals surface area contributed by atoms with Gasteiger partial charge >= 0.3 is 0 Å². The Morgan fingerprint density at radius 3 is 2.36 bits per heavy atom. The Hall–Kier alpha value is -1.23. The largest absolute Gasteiger partial charge is 0.345 e. The van der Waals surface area contributed by atoms with Crippen molar-refractivity contribution in [2.75, 3.05) is 45.2 Å². The van der Waals surface area contributed by atoms with Gasteiger partial charge < -0.3 is 4.90 Å². The zero-order valence-electron chi connectivity index (χ0n) is 13.1. The van der Waals surface area contributed by atoms with Crippen LogP contribution in [0.15, 0.2) is 0 Å². The van der Waals surface area contributed by atoms with Gasteiger partial charge in [-0.05, 0) is 6.92 Å². The van der Waals surface area contributed by atoms with E-state index >= 15 is 0 Å². The first-order chi connectivity index (χ1) is 10.3. The average molecular weight is 344 g/mol. The number of aryl methyl sites for hydroxylation is 2. The monoisotopic (exact) mass is 344 g/mol. The van der Waals surface area contributed by atoms with Crippen LogP contribution in [-0.4, -0.2) is 72.1 Å². The molecule has 1 fully saturated rings. The van der Waals surface area contributed by atoms with Crippen molar-refractivity contribution in [3.05, 3.63) is 5.69 Å². The molecule has 10 heteroatoms. The summed E-state index contributed by atoms with van der Waals surface area (Å²) in [6.45, 7) is 4.24. The summed E-state index contributed by atoms with van der Waals surface area (Å²) in [6.07, 6.45) is 0. The van der Waals surface area contributed by atoms with Crippen molar-refractivity contribution in [2.45, 2.75) is 6.92 Å². The van der Waals surface area contributed by atoms with Crippen LogP contribution in [0.5, 0.6) is 0 Å². The Bertz CT molecular complexity index is 751. The normalized spacial score (nSPS) is 17.8. The first kappa shape index (κ1) is 15.7. The van der Waals surface area contributed by atoms with Gasteiger partial charge in [0.1, 0.15) is 0 Å². The maximum Gasteiger partial charge on any atom is 0.281 e. The summed E-state index contributed by atoms with van der Waals surface area (Å²) in [5.74, 6) is 0. The molecule has 0 amide bonds. The summed E-state index contributed by atoms with van der Waals surface area (Å²) < 4.78 is 29.9. The Morgan fingerprint density at radius 1 is 1.18 bits per heavy atom. The van der Waals surface area contributed by atoms with Gasteiger partial charge in [-0.1, -0.05) is 11.3 Å².